The maximum atomic E-state index is 12.5. The lowest BCUT2D eigenvalue weighted by atomic mass is 10.1. The molecule has 0 radical (unpaired) electrons. The summed E-state index contributed by atoms with van der Waals surface area (Å²) in [6.45, 7) is 1.37. The molecule has 2 aliphatic rings. The van der Waals surface area contributed by atoms with Crippen LogP contribution in [0.25, 0.3) is 10.1 Å². The van der Waals surface area contributed by atoms with Crippen molar-refractivity contribution in [2.45, 2.75) is 38.1 Å². The van der Waals surface area contributed by atoms with Crippen molar-refractivity contribution < 1.29 is 9.59 Å². The number of hydrogen-bond donors (Lipinski definition) is 1. The number of benzene rings is 1. The molecule has 1 aromatic carbocycles. The first-order chi connectivity index (χ1) is 11.7. The molecule has 4 rings (SSSR count). The van der Waals surface area contributed by atoms with E-state index in [-0.39, 0.29) is 23.8 Å². The van der Waals surface area contributed by atoms with Gasteiger partial charge in [0, 0.05) is 23.7 Å². The Morgan fingerprint density at radius 1 is 1.21 bits per heavy atom. The Morgan fingerprint density at radius 3 is 2.88 bits per heavy atom. The van der Waals surface area contributed by atoms with Crippen LogP contribution in [0.15, 0.2) is 29.6 Å². The highest BCUT2D eigenvalue weighted by Crippen LogP contribution is 2.33. The fourth-order valence-electron chi connectivity index (χ4n) is 3.53. The standard InChI is InChI=1S/C19H22N2O2S/c22-18(16-5-3-11-21(16)19(23)13-7-8-13)20-10-9-14-12-24-17-6-2-1-4-15(14)17/h1-2,4,6,12-13,16H,3,5,7-11H2,(H,20,22). The van der Waals surface area contributed by atoms with Gasteiger partial charge in [-0.15, -0.1) is 11.3 Å². The van der Waals surface area contributed by atoms with Crippen LogP contribution in [-0.2, 0) is 16.0 Å². The first-order valence-electron chi connectivity index (χ1n) is 8.77. The number of hydrogen-bond acceptors (Lipinski definition) is 3. The molecule has 4 nitrogen and oxygen atoms in total. The lowest BCUT2D eigenvalue weighted by Crippen LogP contribution is -2.46. The number of fused-ring (bicyclic) bond motifs is 1. The maximum absolute atomic E-state index is 12.5. The van der Waals surface area contributed by atoms with Crippen molar-refractivity contribution in [3.8, 4) is 0 Å². The first-order valence-corrected chi connectivity index (χ1v) is 9.65. The highest BCUT2D eigenvalue weighted by molar-refractivity contribution is 7.17. The molecule has 1 aliphatic heterocycles. The van der Waals surface area contributed by atoms with Crippen LogP contribution in [-0.4, -0.2) is 35.8 Å². The normalized spacial score (nSPS) is 20.5. The number of amides is 2. The zero-order valence-corrected chi connectivity index (χ0v) is 14.5. The van der Waals surface area contributed by atoms with Crippen LogP contribution >= 0.6 is 11.3 Å². The third-order valence-electron chi connectivity index (χ3n) is 5.02. The van der Waals surface area contributed by atoms with Gasteiger partial charge in [-0.2, -0.15) is 0 Å². The first kappa shape index (κ1) is 15.6. The molecule has 1 saturated heterocycles. The van der Waals surface area contributed by atoms with Crippen molar-refractivity contribution >= 4 is 33.2 Å². The number of rotatable bonds is 5. The molecule has 2 heterocycles. The molecular weight excluding hydrogens is 320 g/mol. The van der Waals surface area contributed by atoms with Crippen LogP contribution < -0.4 is 5.32 Å². The summed E-state index contributed by atoms with van der Waals surface area (Å²) in [5.74, 6) is 0.396. The summed E-state index contributed by atoms with van der Waals surface area (Å²) >= 11 is 1.75. The Kier molecular flexibility index (Phi) is 4.27. The summed E-state index contributed by atoms with van der Waals surface area (Å²) < 4.78 is 1.29. The van der Waals surface area contributed by atoms with Gasteiger partial charge < -0.3 is 10.2 Å². The van der Waals surface area contributed by atoms with E-state index < -0.39 is 0 Å². The van der Waals surface area contributed by atoms with Crippen molar-refractivity contribution in [2.75, 3.05) is 13.1 Å². The Morgan fingerprint density at radius 2 is 2.04 bits per heavy atom. The SMILES string of the molecule is O=C(NCCc1csc2ccccc12)C1CCCN1C(=O)C1CC1. The lowest BCUT2D eigenvalue weighted by molar-refractivity contribution is -0.139. The number of carbonyl (C=O) groups is 2. The van der Waals surface area contributed by atoms with E-state index >= 15 is 0 Å². The van der Waals surface area contributed by atoms with E-state index in [1.807, 2.05) is 4.90 Å². The van der Waals surface area contributed by atoms with Gasteiger partial charge in [0.2, 0.25) is 11.8 Å². The van der Waals surface area contributed by atoms with Gasteiger partial charge >= 0.3 is 0 Å². The Balaban J connectivity index is 1.33. The quantitative estimate of drug-likeness (QED) is 0.908. The fourth-order valence-corrected chi connectivity index (χ4v) is 4.53. The molecule has 24 heavy (non-hydrogen) atoms. The van der Waals surface area contributed by atoms with E-state index in [1.165, 1.54) is 15.6 Å². The molecule has 0 spiro atoms. The van der Waals surface area contributed by atoms with E-state index in [1.54, 1.807) is 11.3 Å². The molecular formula is C19H22N2O2S. The predicted octanol–water partition coefficient (Wildman–Crippen LogP) is 2.96. The molecule has 2 amide bonds. The van der Waals surface area contributed by atoms with Gasteiger partial charge in [-0.25, -0.2) is 0 Å². The van der Waals surface area contributed by atoms with Gasteiger partial charge in [-0.05, 0) is 54.5 Å². The largest absolute Gasteiger partial charge is 0.354 e. The predicted molar refractivity (Wildman–Crippen MR) is 96.0 cm³/mol. The van der Waals surface area contributed by atoms with Crippen molar-refractivity contribution in [3.05, 3.63) is 35.2 Å². The minimum atomic E-state index is -0.252. The molecule has 1 N–H and O–H groups in total. The molecule has 1 saturated carbocycles. The highest BCUT2D eigenvalue weighted by Gasteiger charge is 2.40. The highest BCUT2D eigenvalue weighted by atomic mass is 32.1. The second-order valence-electron chi connectivity index (χ2n) is 6.76. The Hall–Kier alpha value is -1.88. The average Bonchev–Trinajstić information content (AvgIpc) is 3.19. The number of nitrogens with one attached hydrogen (secondary N) is 1. The van der Waals surface area contributed by atoms with Crippen molar-refractivity contribution in [1.82, 2.24) is 10.2 Å². The van der Waals surface area contributed by atoms with Gasteiger partial charge in [-0.1, -0.05) is 18.2 Å². The summed E-state index contributed by atoms with van der Waals surface area (Å²) in [6.07, 6.45) is 4.56. The Bertz CT molecular complexity index is 766. The van der Waals surface area contributed by atoms with E-state index in [0.29, 0.717) is 6.54 Å². The number of thiophene rings is 1. The number of carbonyl (C=O) groups excluding carboxylic acids is 2. The maximum Gasteiger partial charge on any atom is 0.242 e. The molecule has 1 atom stereocenters. The molecule has 1 unspecified atom stereocenters. The van der Waals surface area contributed by atoms with E-state index in [4.69, 9.17) is 0 Å². The third-order valence-corrected chi connectivity index (χ3v) is 6.03. The van der Waals surface area contributed by atoms with Crippen molar-refractivity contribution in [1.29, 1.82) is 0 Å². The average molecular weight is 342 g/mol. The Labute approximate surface area is 145 Å². The second-order valence-corrected chi connectivity index (χ2v) is 7.67. The van der Waals surface area contributed by atoms with Gasteiger partial charge in [0.15, 0.2) is 0 Å². The van der Waals surface area contributed by atoms with Gasteiger partial charge in [0.25, 0.3) is 0 Å². The van der Waals surface area contributed by atoms with Crippen LogP contribution in [0.1, 0.15) is 31.2 Å². The summed E-state index contributed by atoms with van der Waals surface area (Å²) in [5, 5.41) is 6.50. The monoisotopic (exact) mass is 342 g/mol. The van der Waals surface area contributed by atoms with Gasteiger partial charge in [-0.3, -0.25) is 9.59 Å². The number of nitrogens with zero attached hydrogens (tertiary/aromatic N) is 1. The third kappa shape index (κ3) is 3.05. The summed E-state index contributed by atoms with van der Waals surface area (Å²) in [6, 6.07) is 8.11. The minimum absolute atomic E-state index is 0.0148. The topological polar surface area (TPSA) is 49.4 Å². The lowest BCUT2D eigenvalue weighted by Gasteiger charge is -2.24. The smallest absolute Gasteiger partial charge is 0.242 e. The zero-order valence-electron chi connectivity index (χ0n) is 13.7. The van der Waals surface area contributed by atoms with Crippen molar-refractivity contribution in [3.63, 3.8) is 0 Å². The molecule has 5 heteroatoms. The molecule has 126 valence electrons. The molecule has 1 aliphatic carbocycles. The van der Waals surface area contributed by atoms with Crippen LogP contribution in [0.5, 0.6) is 0 Å². The van der Waals surface area contributed by atoms with Crippen molar-refractivity contribution in [2.24, 2.45) is 5.92 Å². The van der Waals surface area contributed by atoms with E-state index in [9.17, 15) is 9.59 Å². The van der Waals surface area contributed by atoms with E-state index in [0.717, 1.165) is 38.6 Å². The minimum Gasteiger partial charge on any atom is -0.354 e. The molecule has 2 fully saturated rings. The van der Waals surface area contributed by atoms with Gasteiger partial charge in [0.1, 0.15) is 6.04 Å². The fraction of sp³-hybridized carbons (Fsp3) is 0.474. The molecule has 1 aromatic heterocycles. The van der Waals surface area contributed by atoms with Gasteiger partial charge in [0.05, 0.1) is 0 Å². The van der Waals surface area contributed by atoms with Crippen LogP contribution in [0.3, 0.4) is 0 Å². The van der Waals surface area contributed by atoms with E-state index in [2.05, 4.69) is 35.0 Å². The summed E-state index contributed by atoms with van der Waals surface area (Å²) in [7, 11) is 0. The van der Waals surface area contributed by atoms with Crippen LogP contribution in [0, 0.1) is 5.92 Å². The second kappa shape index (κ2) is 6.55. The summed E-state index contributed by atoms with van der Waals surface area (Å²) in [5.41, 5.74) is 1.29. The molecule has 2 aromatic rings. The number of likely N-dealkylation sites (tertiary alicyclic amines) is 1. The zero-order chi connectivity index (χ0) is 16.5. The molecule has 0 bridgehead atoms. The van der Waals surface area contributed by atoms with Crippen LogP contribution in [0.4, 0.5) is 0 Å². The van der Waals surface area contributed by atoms with Crippen LogP contribution in [0.2, 0.25) is 0 Å². The summed E-state index contributed by atoms with van der Waals surface area (Å²) in [4.78, 5) is 26.6.